The third-order valence-corrected chi connectivity index (χ3v) is 9.95. The third-order valence-electron chi connectivity index (χ3n) is 7.47. The molecular formula is C28H26ClN8O6S2+. The van der Waals surface area contributed by atoms with Gasteiger partial charge in [-0.25, -0.2) is 14.3 Å². The van der Waals surface area contributed by atoms with Crippen molar-refractivity contribution >= 4 is 79.9 Å². The lowest BCUT2D eigenvalue weighted by atomic mass is 9.89. The summed E-state index contributed by atoms with van der Waals surface area (Å²) in [6, 6.07) is 5.58. The second-order valence-corrected chi connectivity index (χ2v) is 13.1. The molecule has 0 radical (unpaired) electrons. The van der Waals surface area contributed by atoms with Crippen molar-refractivity contribution < 1.29 is 33.3 Å². The minimum Gasteiger partial charge on any atom is -0.477 e. The molecule has 0 aromatic carbocycles. The van der Waals surface area contributed by atoms with Gasteiger partial charge in [0.05, 0.1) is 34.3 Å². The number of furan rings is 1. The Kier molecular flexibility index (Phi) is 8.11. The lowest BCUT2D eigenvalue weighted by Gasteiger charge is -2.49. The number of amides is 1. The molecule has 0 spiro atoms. The fourth-order valence-corrected chi connectivity index (χ4v) is 7.77. The fourth-order valence-electron chi connectivity index (χ4n) is 5.44. The molecule has 6 rings (SSSR count). The number of oxime groups is 1. The van der Waals surface area contributed by atoms with Crippen LogP contribution in [0.15, 0.2) is 63.9 Å². The number of nitrogens with zero attached hydrogens (tertiary/aromatic N) is 5. The molecule has 232 valence electrons. The first-order valence-corrected chi connectivity index (χ1v) is 15.7. The van der Waals surface area contributed by atoms with E-state index in [9.17, 15) is 19.5 Å². The summed E-state index contributed by atoms with van der Waals surface area (Å²) in [6.45, 7) is 0.696. The summed E-state index contributed by atoms with van der Waals surface area (Å²) in [7, 11) is 1.27. The molecule has 2 aliphatic heterocycles. The molecule has 0 unspecified atom stereocenters. The molecule has 14 nitrogen and oxygen atoms in total. The summed E-state index contributed by atoms with van der Waals surface area (Å²) in [5.41, 5.74) is 13.1. The number of rotatable bonds is 11. The zero-order chi connectivity index (χ0) is 32.0. The molecule has 6 N–H and O–H groups in total. The van der Waals surface area contributed by atoms with E-state index in [4.69, 9.17) is 37.7 Å². The number of anilines is 1. The number of thioether (sulfide) groups is 1. The maximum absolute atomic E-state index is 13.3. The van der Waals surface area contributed by atoms with Gasteiger partial charge in [0.25, 0.3) is 0 Å². The number of pyridine rings is 1. The number of aromatic nitrogens is 3. The fraction of sp³-hybridized carbons (Fsp3) is 0.250. The summed E-state index contributed by atoms with van der Waals surface area (Å²) in [5.74, 6) is -2.00. The number of carboxylic acid groups (broad SMARTS) is 1. The van der Waals surface area contributed by atoms with Crippen molar-refractivity contribution in [2.45, 2.75) is 24.9 Å². The van der Waals surface area contributed by atoms with Crippen LogP contribution in [0.25, 0.3) is 10.9 Å². The molecule has 0 bridgehead atoms. The Hall–Kier alpha value is -4.67. The number of hydrogen-bond donors (Lipinski definition) is 4. The van der Waals surface area contributed by atoms with Crippen LogP contribution in [0, 0.1) is 11.3 Å². The standard InChI is InChI=1S/C28H25ClN8O6S2/c1-42-34-20(21-23(29)45-28(32)33-21)19(38)7-17-25(39)37-22(27(40)41)15(12-44-26(17)37)9-35-4-3-18-13(8-35)2-5-36(18)10-16-6-14(11-43-16)24(30)31/h2-6,8,11,17,26H,7,9-10,12H2,1H3,(H5-,30,31,32,33,40,41)/p+1/b34-20+/t17-,26-/m1/s1. The van der Waals surface area contributed by atoms with Crippen molar-refractivity contribution in [3.8, 4) is 0 Å². The molecule has 0 aliphatic carbocycles. The number of carboxylic acids is 1. The van der Waals surface area contributed by atoms with Gasteiger partial charge in [-0.1, -0.05) is 28.1 Å². The van der Waals surface area contributed by atoms with Gasteiger partial charge in [-0.2, -0.15) is 0 Å². The van der Waals surface area contributed by atoms with Crippen molar-refractivity contribution in [3.63, 3.8) is 0 Å². The average Bonchev–Trinajstić information content (AvgIpc) is 3.72. The number of amidine groups is 1. The molecule has 0 saturated carbocycles. The van der Waals surface area contributed by atoms with Gasteiger partial charge in [0.1, 0.15) is 40.7 Å². The monoisotopic (exact) mass is 669 g/mol. The van der Waals surface area contributed by atoms with Crippen molar-refractivity contribution in [3.05, 3.63) is 75.7 Å². The Morgan fingerprint density at radius 2 is 2.18 bits per heavy atom. The smallest absolute Gasteiger partial charge is 0.352 e. The summed E-state index contributed by atoms with van der Waals surface area (Å²) < 4.78 is 9.56. The highest BCUT2D eigenvalue weighted by atomic mass is 35.5. The topological polar surface area (TPSA) is 207 Å². The zero-order valence-corrected chi connectivity index (χ0v) is 26.0. The number of aliphatic carboxylic acids is 1. The molecule has 1 amide bonds. The summed E-state index contributed by atoms with van der Waals surface area (Å²) in [6.07, 6.45) is 6.89. The van der Waals surface area contributed by atoms with E-state index in [1.165, 1.54) is 30.0 Å². The molecule has 17 heteroatoms. The van der Waals surface area contributed by atoms with E-state index in [1.54, 1.807) is 6.07 Å². The molecule has 2 aliphatic rings. The maximum atomic E-state index is 13.3. The number of thiazole rings is 1. The highest BCUT2D eigenvalue weighted by Gasteiger charge is 2.54. The quantitative estimate of drug-likeness (QED) is 0.0603. The number of nitrogen functional groups attached to an aromatic ring is 2. The predicted octanol–water partition coefficient (Wildman–Crippen LogP) is 2.43. The van der Waals surface area contributed by atoms with Crippen molar-refractivity contribution in [1.82, 2.24) is 14.5 Å². The summed E-state index contributed by atoms with van der Waals surface area (Å²) in [4.78, 5) is 49.1. The summed E-state index contributed by atoms with van der Waals surface area (Å²) in [5, 5.41) is 22.0. The number of hydrogen-bond acceptors (Lipinski definition) is 11. The molecule has 2 atom stereocenters. The first-order valence-electron chi connectivity index (χ1n) is 13.4. The Morgan fingerprint density at radius 1 is 1.38 bits per heavy atom. The van der Waals surface area contributed by atoms with Crippen molar-refractivity contribution in [1.29, 1.82) is 5.41 Å². The van der Waals surface area contributed by atoms with Gasteiger partial charge in [-0.15, -0.1) is 11.8 Å². The number of fused-ring (bicyclic) bond motifs is 2. The molecular weight excluding hydrogens is 644 g/mol. The molecule has 4 aromatic rings. The van der Waals surface area contributed by atoms with Crippen LogP contribution >= 0.6 is 34.7 Å². The SMILES string of the molecule is CO/N=C(\C(=O)C[C@@H]1C(=O)N2C(C(=O)O)=C(C[n+]3ccc4c(ccn4Cc4cc(C(=N)N)co4)c3)CS[C@H]12)c1nc(N)sc1Cl. The van der Waals surface area contributed by atoms with E-state index in [0.29, 0.717) is 29.2 Å². The number of carbonyl (C=O) groups is 3. The van der Waals surface area contributed by atoms with E-state index < -0.39 is 29.0 Å². The van der Waals surface area contributed by atoms with Crippen LogP contribution in [-0.4, -0.2) is 67.0 Å². The van der Waals surface area contributed by atoms with Gasteiger partial charge in [-0.05, 0) is 12.1 Å². The predicted molar refractivity (Wildman–Crippen MR) is 167 cm³/mol. The van der Waals surface area contributed by atoms with E-state index in [2.05, 4.69) is 10.1 Å². The van der Waals surface area contributed by atoms with Gasteiger partial charge >= 0.3 is 5.97 Å². The number of nitrogens with one attached hydrogen (secondary N) is 1. The number of Topliss-reactive ketones (excluding diaryl/α,β-unsaturated/α-hetero) is 1. The molecule has 1 saturated heterocycles. The van der Waals surface area contributed by atoms with Crippen molar-refractivity contribution in [2.75, 3.05) is 18.6 Å². The Balaban J connectivity index is 1.18. The number of β-lactam (4-membered cyclic amide) rings is 1. The number of ketones is 1. The minimum atomic E-state index is -1.21. The first kappa shape index (κ1) is 30.4. The van der Waals surface area contributed by atoms with Gasteiger partial charge < -0.3 is 30.4 Å². The molecule has 1 fully saturated rings. The van der Waals surface area contributed by atoms with Crippen LogP contribution in [-0.2, 0) is 32.3 Å². The molecule has 6 heterocycles. The van der Waals surface area contributed by atoms with Crippen LogP contribution < -0.4 is 16.0 Å². The van der Waals surface area contributed by atoms with Gasteiger partial charge in [-0.3, -0.25) is 19.9 Å². The van der Waals surface area contributed by atoms with Gasteiger partial charge in [0.2, 0.25) is 5.91 Å². The van der Waals surface area contributed by atoms with Crippen LogP contribution in [0.5, 0.6) is 0 Å². The zero-order valence-electron chi connectivity index (χ0n) is 23.6. The molecule has 4 aromatic heterocycles. The minimum absolute atomic E-state index is 0.0664. The van der Waals surface area contributed by atoms with E-state index >= 15 is 0 Å². The first-order chi connectivity index (χ1) is 21.5. The Labute approximate surface area is 268 Å². The lowest BCUT2D eigenvalue weighted by Crippen LogP contribution is -2.62. The van der Waals surface area contributed by atoms with E-state index in [1.807, 2.05) is 39.9 Å². The van der Waals surface area contributed by atoms with E-state index in [0.717, 1.165) is 22.2 Å². The van der Waals surface area contributed by atoms with Crippen LogP contribution in [0.4, 0.5) is 5.13 Å². The van der Waals surface area contributed by atoms with Crippen molar-refractivity contribution in [2.24, 2.45) is 16.8 Å². The highest BCUT2D eigenvalue weighted by Crippen LogP contribution is 2.45. The highest BCUT2D eigenvalue weighted by molar-refractivity contribution is 8.00. The van der Waals surface area contributed by atoms with Crippen LogP contribution in [0.3, 0.4) is 0 Å². The normalized spacial score (nSPS) is 18.2. The van der Waals surface area contributed by atoms with E-state index in [-0.39, 0.29) is 45.4 Å². The Bertz CT molecular complexity index is 1950. The van der Waals surface area contributed by atoms with Gasteiger partial charge in [0, 0.05) is 30.0 Å². The second-order valence-electron chi connectivity index (χ2n) is 10.3. The molecule has 45 heavy (non-hydrogen) atoms. The largest absolute Gasteiger partial charge is 0.477 e. The van der Waals surface area contributed by atoms with Gasteiger partial charge in [0.15, 0.2) is 35.6 Å². The number of carbonyl (C=O) groups excluding carboxylic acids is 2. The lowest BCUT2D eigenvalue weighted by molar-refractivity contribution is -0.687. The van der Waals surface area contributed by atoms with Crippen LogP contribution in [0.2, 0.25) is 4.34 Å². The third kappa shape index (κ3) is 5.67. The maximum Gasteiger partial charge on any atom is 0.352 e. The average molecular weight is 670 g/mol. The number of nitrogens with two attached hydrogens (primary N) is 2. The number of halogens is 1. The Morgan fingerprint density at radius 3 is 2.84 bits per heavy atom. The second kappa shape index (κ2) is 12.0. The van der Waals surface area contributed by atoms with Crippen LogP contribution in [0.1, 0.15) is 23.4 Å². The summed E-state index contributed by atoms with van der Waals surface area (Å²) >= 11 is 8.56.